The van der Waals surface area contributed by atoms with Gasteiger partial charge in [0.2, 0.25) is 5.89 Å². The molecule has 0 unspecified atom stereocenters. The minimum atomic E-state index is -0.387. The predicted molar refractivity (Wildman–Crippen MR) is 57.5 cm³/mol. The number of nitrogens with zero attached hydrogens (tertiary/aromatic N) is 2. The molecular formula is C11H12FN3O. The van der Waals surface area contributed by atoms with E-state index in [9.17, 15) is 4.39 Å². The molecule has 0 saturated heterocycles. The first-order valence-corrected chi connectivity index (χ1v) is 4.94. The van der Waals surface area contributed by atoms with Crippen LogP contribution in [0.3, 0.4) is 0 Å². The molecule has 0 fully saturated rings. The van der Waals surface area contributed by atoms with E-state index in [-0.39, 0.29) is 11.6 Å². The van der Waals surface area contributed by atoms with E-state index in [2.05, 4.69) is 15.3 Å². The van der Waals surface area contributed by atoms with Crippen LogP contribution in [0.4, 0.5) is 10.2 Å². The zero-order valence-electron chi connectivity index (χ0n) is 9.12. The highest BCUT2D eigenvalue weighted by Crippen LogP contribution is 2.12. The van der Waals surface area contributed by atoms with Gasteiger partial charge in [0.05, 0.1) is 12.2 Å². The SMILES string of the molecule is Cc1nc(CNc2ncccc2F)oc1C. The molecular weight excluding hydrogens is 209 g/mol. The van der Waals surface area contributed by atoms with Crippen molar-refractivity contribution >= 4 is 5.82 Å². The van der Waals surface area contributed by atoms with Crippen molar-refractivity contribution in [2.75, 3.05) is 5.32 Å². The molecule has 0 atom stereocenters. The lowest BCUT2D eigenvalue weighted by atomic mass is 10.4. The summed E-state index contributed by atoms with van der Waals surface area (Å²) in [6.07, 6.45) is 1.53. The second-order valence-corrected chi connectivity index (χ2v) is 3.44. The summed E-state index contributed by atoms with van der Waals surface area (Å²) < 4.78 is 18.6. The Morgan fingerprint density at radius 1 is 1.44 bits per heavy atom. The van der Waals surface area contributed by atoms with Gasteiger partial charge >= 0.3 is 0 Å². The first kappa shape index (κ1) is 10.6. The van der Waals surface area contributed by atoms with E-state index < -0.39 is 0 Å². The lowest BCUT2D eigenvalue weighted by Crippen LogP contribution is -2.03. The molecule has 2 aromatic rings. The molecule has 2 rings (SSSR count). The fourth-order valence-electron chi connectivity index (χ4n) is 1.29. The second-order valence-electron chi connectivity index (χ2n) is 3.44. The van der Waals surface area contributed by atoms with Crippen LogP contribution >= 0.6 is 0 Å². The number of rotatable bonds is 3. The third-order valence-electron chi connectivity index (χ3n) is 2.24. The van der Waals surface area contributed by atoms with E-state index >= 15 is 0 Å². The zero-order chi connectivity index (χ0) is 11.5. The number of pyridine rings is 1. The first-order valence-electron chi connectivity index (χ1n) is 4.94. The molecule has 0 radical (unpaired) electrons. The number of nitrogens with one attached hydrogen (secondary N) is 1. The quantitative estimate of drug-likeness (QED) is 0.864. The van der Waals surface area contributed by atoms with Crippen molar-refractivity contribution in [3.05, 3.63) is 41.5 Å². The smallest absolute Gasteiger partial charge is 0.213 e. The van der Waals surface area contributed by atoms with Crippen molar-refractivity contribution in [1.29, 1.82) is 0 Å². The van der Waals surface area contributed by atoms with Gasteiger partial charge in [-0.3, -0.25) is 0 Å². The van der Waals surface area contributed by atoms with Gasteiger partial charge in [-0.15, -0.1) is 0 Å². The highest BCUT2D eigenvalue weighted by Gasteiger charge is 2.07. The molecule has 0 aliphatic heterocycles. The van der Waals surface area contributed by atoms with Crippen molar-refractivity contribution in [2.45, 2.75) is 20.4 Å². The summed E-state index contributed by atoms with van der Waals surface area (Å²) in [5.74, 6) is 1.12. The van der Waals surface area contributed by atoms with Crippen molar-refractivity contribution in [3.8, 4) is 0 Å². The molecule has 2 aromatic heterocycles. The molecule has 0 aromatic carbocycles. The molecule has 0 aliphatic rings. The van der Waals surface area contributed by atoms with Gasteiger partial charge in [0.1, 0.15) is 5.76 Å². The Hall–Kier alpha value is -1.91. The van der Waals surface area contributed by atoms with Crippen LogP contribution in [-0.2, 0) is 6.54 Å². The zero-order valence-corrected chi connectivity index (χ0v) is 9.12. The third-order valence-corrected chi connectivity index (χ3v) is 2.24. The number of hydrogen-bond donors (Lipinski definition) is 1. The molecule has 84 valence electrons. The lowest BCUT2D eigenvalue weighted by Gasteiger charge is -2.02. The summed E-state index contributed by atoms with van der Waals surface area (Å²) in [6, 6.07) is 2.89. The molecule has 5 heteroatoms. The maximum atomic E-state index is 13.2. The normalized spacial score (nSPS) is 10.4. The van der Waals surface area contributed by atoms with Gasteiger partial charge in [0.15, 0.2) is 11.6 Å². The summed E-state index contributed by atoms with van der Waals surface area (Å²) in [4.78, 5) is 8.04. The Kier molecular flexibility index (Phi) is 2.85. The van der Waals surface area contributed by atoms with E-state index in [0.29, 0.717) is 12.4 Å². The minimum absolute atomic E-state index is 0.205. The number of oxazole rings is 1. The van der Waals surface area contributed by atoms with E-state index in [1.807, 2.05) is 13.8 Å². The topological polar surface area (TPSA) is 51.0 Å². The summed E-state index contributed by atoms with van der Waals surface area (Å²) in [5, 5.41) is 2.83. The molecule has 2 heterocycles. The number of anilines is 1. The van der Waals surface area contributed by atoms with Crippen LogP contribution in [0.15, 0.2) is 22.7 Å². The van der Waals surface area contributed by atoms with Gasteiger partial charge in [-0.1, -0.05) is 0 Å². The van der Waals surface area contributed by atoms with Crippen molar-refractivity contribution in [3.63, 3.8) is 0 Å². The van der Waals surface area contributed by atoms with Gasteiger partial charge in [-0.25, -0.2) is 14.4 Å². The largest absolute Gasteiger partial charge is 0.444 e. The van der Waals surface area contributed by atoms with Gasteiger partial charge in [-0.05, 0) is 26.0 Å². The molecule has 1 N–H and O–H groups in total. The number of hydrogen-bond acceptors (Lipinski definition) is 4. The van der Waals surface area contributed by atoms with Gasteiger partial charge in [0.25, 0.3) is 0 Å². The van der Waals surface area contributed by atoms with Crippen LogP contribution < -0.4 is 5.32 Å². The maximum absolute atomic E-state index is 13.2. The number of aryl methyl sites for hydroxylation is 2. The lowest BCUT2D eigenvalue weighted by molar-refractivity contribution is 0.477. The Balaban J connectivity index is 2.05. The third kappa shape index (κ3) is 2.18. The van der Waals surface area contributed by atoms with E-state index in [4.69, 9.17) is 4.42 Å². The molecule has 0 spiro atoms. The summed E-state index contributed by atoms with van der Waals surface area (Å²) in [7, 11) is 0. The first-order chi connectivity index (χ1) is 7.66. The maximum Gasteiger partial charge on any atom is 0.213 e. The predicted octanol–water partition coefficient (Wildman–Crippen LogP) is 2.44. The van der Waals surface area contributed by atoms with E-state index in [0.717, 1.165) is 11.5 Å². The van der Waals surface area contributed by atoms with Crippen LogP contribution in [0.25, 0.3) is 0 Å². The van der Waals surface area contributed by atoms with E-state index in [1.54, 1.807) is 6.07 Å². The Morgan fingerprint density at radius 2 is 2.25 bits per heavy atom. The van der Waals surface area contributed by atoms with Crippen molar-refractivity contribution in [2.24, 2.45) is 0 Å². The molecule has 0 amide bonds. The molecule has 0 bridgehead atoms. The van der Waals surface area contributed by atoms with Gasteiger partial charge in [0, 0.05) is 6.20 Å². The summed E-state index contributed by atoms with van der Waals surface area (Å²) in [5.41, 5.74) is 0.846. The van der Waals surface area contributed by atoms with Crippen LogP contribution in [0.2, 0.25) is 0 Å². The van der Waals surface area contributed by atoms with Crippen LogP contribution in [0, 0.1) is 19.7 Å². The monoisotopic (exact) mass is 221 g/mol. The van der Waals surface area contributed by atoms with Gasteiger partial charge in [-0.2, -0.15) is 0 Å². The van der Waals surface area contributed by atoms with Crippen LogP contribution in [-0.4, -0.2) is 9.97 Å². The Bertz CT molecular complexity index is 476. The fraction of sp³-hybridized carbons (Fsp3) is 0.273. The van der Waals surface area contributed by atoms with Crippen molar-refractivity contribution in [1.82, 2.24) is 9.97 Å². The molecule has 0 aliphatic carbocycles. The van der Waals surface area contributed by atoms with Crippen molar-refractivity contribution < 1.29 is 8.81 Å². The average Bonchev–Trinajstić information content (AvgIpc) is 2.57. The Morgan fingerprint density at radius 3 is 2.88 bits per heavy atom. The fourth-order valence-corrected chi connectivity index (χ4v) is 1.29. The standard InChI is InChI=1S/C11H12FN3O/c1-7-8(2)16-10(15-7)6-14-11-9(12)4-3-5-13-11/h3-5H,6H2,1-2H3,(H,13,14). The second kappa shape index (κ2) is 4.30. The molecule has 16 heavy (non-hydrogen) atoms. The highest BCUT2D eigenvalue weighted by molar-refractivity contribution is 5.35. The summed E-state index contributed by atoms with van der Waals surface area (Å²) >= 11 is 0. The highest BCUT2D eigenvalue weighted by atomic mass is 19.1. The van der Waals surface area contributed by atoms with Crippen LogP contribution in [0.5, 0.6) is 0 Å². The summed E-state index contributed by atoms with van der Waals surface area (Å²) in [6.45, 7) is 4.03. The molecule has 0 saturated carbocycles. The van der Waals surface area contributed by atoms with Crippen LogP contribution in [0.1, 0.15) is 17.3 Å². The van der Waals surface area contributed by atoms with E-state index in [1.165, 1.54) is 12.3 Å². The number of halogens is 1. The number of aromatic nitrogens is 2. The average molecular weight is 221 g/mol. The minimum Gasteiger partial charge on any atom is -0.444 e. The van der Waals surface area contributed by atoms with Gasteiger partial charge < -0.3 is 9.73 Å². The Labute approximate surface area is 92.5 Å². The molecule has 4 nitrogen and oxygen atoms in total.